The normalized spacial score (nSPS) is 20.2. The minimum Gasteiger partial charge on any atom is -0.399 e. The molecule has 2 unspecified atom stereocenters. The van der Waals surface area contributed by atoms with Gasteiger partial charge < -0.3 is 29.2 Å². The lowest BCUT2D eigenvalue weighted by Crippen LogP contribution is -2.52. The van der Waals surface area contributed by atoms with Gasteiger partial charge in [-0.05, 0) is 87.4 Å². The summed E-state index contributed by atoms with van der Waals surface area (Å²) in [6.07, 6.45) is 6.30. The topological polar surface area (TPSA) is 95.0 Å². The van der Waals surface area contributed by atoms with Gasteiger partial charge in [0.05, 0.1) is 28.4 Å². The molecule has 3 aliphatic rings. The van der Waals surface area contributed by atoms with Crippen molar-refractivity contribution in [3.05, 3.63) is 67.6 Å². The van der Waals surface area contributed by atoms with Crippen LogP contribution in [0.25, 0.3) is 0 Å². The summed E-state index contributed by atoms with van der Waals surface area (Å²) in [5.74, 6) is -0.516. The average molecular weight is 798 g/mol. The highest BCUT2D eigenvalue weighted by Gasteiger charge is 2.37. The molecule has 10 nitrogen and oxygen atoms in total. The van der Waals surface area contributed by atoms with E-state index in [1.807, 2.05) is 17.0 Å². The van der Waals surface area contributed by atoms with E-state index in [0.717, 1.165) is 70.3 Å². The van der Waals surface area contributed by atoms with Crippen LogP contribution < -0.4 is 0 Å². The number of carbonyl (C=O) groups excluding carboxylic acids is 3. The van der Waals surface area contributed by atoms with E-state index in [4.69, 9.17) is 56.0 Å². The maximum Gasteiger partial charge on any atom is 0.254 e. The molecule has 3 amide bonds. The molecule has 5 rings (SSSR count). The first-order valence-corrected chi connectivity index (χ1v) is 19.6. The van der Waals surface area contributed by atoms with E-state index < -0.39 is 0 Å². The minimum absolute atomic E-state index is 0.0851. The lowest BCUT2D eigenvalue weighted by molar-refractivity contribution is -0.147. The number of amides is 3. The Morgan fingerprint density at radius 2 is 1.60 bits per heavy atom. The van der Waals surface area contributed by atoms with Crippen molar-refractivity contribution in [2.45, 2.75) is 69.4 Å². The first-order chi connectivity index (χ1) is 25.0. The number of nitrogens with zero attached hydrogens (tertiary/aromatic N) is 5. The minimum atomic E-state index is -0.256. The molecule has 284 valence electrons. The Balaban J connectivity index is 1.20. The van der Waals surface area contributed by atoms with Gasteiger partial charge in [0.25, 0.3) is 5.91 Å². The lowest BCUT2D eigenvalue weighted by atomic mass is 9.89. The summed E-state index contributed by atoms with van der Waals surface area (Å²) in [6.45, 7) is 4.76. The molecule has 3 saturated heterocycles. The molecule has 2 atom stereocenters. The molecule has 0 bridgehead atoms. The molecular formula is C38H49Cl4N5O5. The van der Waals surface area contributed by atoms with Crippen LogP contribution >= 0.6 is 46.4 Å². The number of ether oxygens (including phenoxy) is 1. The maximum absolute atomic E-state index is 13.7. The van der Waals surface area contributed by atoms with Crippen LogP contribution in [0.2, 0.25) is 20.1 Å². The SMILES string of the molecule is CON=C(CN(C)C(=O)c1cc(Cl)cc(Cl)c1)C(CCN1CCC(N2CCCC(CC(=O)N3CCC(OC)CC3)C2=O)CC1)c1ccc(Cl)c(Cl)c1. The Morgan fingerprint density at radius 1 is 0.904 bits per heavy atom. The summed E-state index contributed by atoms with van der Waals surface area (Å²) in [6, 6.07) is 10.5. The van der Waals surface area contributed by atoms with Gasteiger partial charge in [0, 0.05) is 86.8 Å². The fourth-order valence-corrected chi connectivity index (χ4v) is 8.59. The molecule has 14 heteroatoms. The average Bonchev–Trinajstić information content (AvgIpc) is 3.13. The smallest absolute Gasteiger partial charge is 0.254 e. The van der Waals surface area contributed by atoms with E-state index in [-0.39, 0.29) is 48.2 Å². The molecule has 2 aromatic rings. The molecule has 2 aromatic carbocycles. The molecule has 0 N–H and O–H groups in total. The Morgan fingerprint density at radius 3 is 2.23 bits per heavy atom. The van der Waals surface area contributed by atoms with E-state index in [2.05, 4.69) is 15.0 Å². The van der Waals surface area contributed by atoms with Gasteiger partial charge in [0.1, 0.15) is 7.11 Å². The third kappa shape index (κ3) is 10.5. The predicted molar refractivity (Wildman–Crippen MR) is 207 cm³/mol. The number of likely N-dealkylation sites (tertiary alicyclic amines) is 3. The van der Waals surface area contributed by atoms with Gasteiger partial charge in [-0.15, -0.1) is 0 Å². The Hall–Kier alpha value is -2.60. The second kappa shape index (κ2) is 19.1. The molecule has 0 spiro atoms. The van der Waals surface area contributed by atoms with Crippen LogP contribution in [0.15, 0.2) is 41.6 Å². The maximum atomic E-state index is 13.7. The number of methoxy groups -OCH3 is 1. The molecule has 3 heterocycles. The number of hydrogen-bond acceptors (Lipinski definition) is 7. The molecule has 52 heavy (non-hydrogen) atoms. The van der Waals surface area contributed by atoms with Crippen molar-refractivity contribution in [3.8, 4) is 0 Å². The Bertz CT molecular complexity index is 1580. The Labute approximate surface area is 327 Å². The van der Waals surface area contributed by atoms with Gasteiger partial charge in [0.15, 0.2) is 0 Å². The quantitative estimate of drug-likeness (QED) is 0.156. The van der Waals surface area contributed by atoms with Crippen LogP contribution in [-0.4, -0.2) is 122 Å². The van der Waals surface area contributed by atoms with Crippen molar-refractivity contribution in [2.75, 3.05) is 67.1 Å². The molecule has 0 aromatic heterocycles. The second-order valence-corrected chi connectivity index (χ2v) is 15.8. The lowest BCUT2D eigenvalue weighted by Gasteiger charge is -2.42. The van der Waals surface area contributed by atoms with Gasteiger partial charge in [-0.3, -0.25) is 14.4 Å². The van der Waals surface area contributed by atoms with Crippen LogP contribution in [0.1, 0.15) is 73.2 Å². The molecular weight excluding hydrogens is 748 g/mol. The standard InChI is InChI=1S/C38H49Cl4N5O5/c1-44(37(49)27-19-28(39)23-29(40)20-27)24-35(43-52-3)32(25-6-7-33(41)34(42)21-25)12-16-45-14-8-30(9-15-45)47-13-4-5-26(38(47)50)22-36(48)46-17-10-31(51-2)11-18-46/h6-7,19-21,23,26,30-32H,4-5,8-18,22,24H2,1-3H3. The third-order valence-electron chi connectivity index (χ3n) is 10.7. The largest absolute Gasteiger partial charge is 0.399 e. The molecule has 3 aliphatic heterocycles. The highest BCUT2D eigenvalue weighted by atomic mass is 35.5. The van der Waals surface area contributed by atoms with E-state index in [9.17, 15) is 14.4 Å². The zero-order chi connectivity index (χ0) is 37.4. The summed E-state index contributed by atoms with van der Waals surface area (Å²) in [5, 5.41) is 6.05. The van der Waals surface area contributed by atoms with Crippen molar-refractivity contribution in [1.29, 1.82) is 0 Å². The van der Waals surface area contributed by atoms with Gasteiger partial charge in [-0.25, -0.2) is 0 Å². The molecule has 3 fully saturated rings. The summed E-state index contributed by atoms with van der Waals surface area (Å²) < 4.78 is 5.45. The van der Waals surface area contributed by atoms with Crippen LogP contribution in [0.3, 0.4) is 0 Å². The fourth-order valence-electron chi connectivity index (χ4n) is 7.76. The zero-order valence-electron chi connectivity index (χ0n) is 30.2. The van der Waals surface area contributed by atoms with Crippen LogP contribution in [-0.2, 0) is 19.2 Å². The summed E-state index contributed by atoms with van der Waals surface area (Å²) in [7, 11) is 4.91. The summed E-state index contributed by atoms with van der Waals surface area (Å²) >= 11 is 25.1. The van der Waals surface area contributed by atoms with Crippen molar-refractivity contribution in [1.82, 2.24) is 19.6 Å². The summed E-state index contributed by atoms with van der Waals surface area (Å²) in [5.41, 5.74) is 1.94. The molecule has 0 saturated carbocycles. The van der Waals surface area contributed by atoms with E-state index in [1.54, 1.807) is 43.3 Å². The third-order valence-corrected chi connectivity index (χ3v) is 11.9. The Kier molecular flexibility index (Phi) is 14.9. The van der Waals surface area contributed by atoms with Gasteiger partial charge >= 0.3 is 0 Å². The molecule has 0 radical (unpaired) electrons. The van der Waals surface area contributed by atoms with Crippen LogP contribution in [0, 0.1) is 5.92 Å². The number of halogens is 4. The highest BCUT2D eigenvalue weighted by Crippen LogP contribution is 2.32. The summed E-state index contributed by atoms with van der Waals surface area (Å²) in [4.78, 5) is 53.5. The zero-order valence-corrected chi connectivity index (χ0v) is 33.2. The van der Waals surface area contributed by atoms with Crippen molar-refractivity contribution in [3.63, 3.8) is 0 Å². The number of benzene rings is 2. The number of piperidine rings is 3. The van der Waals surface area contributed by atoms with Crippen LogP contribution in [0.4, 0.5) is 0 Å². The fraction of sp³-hybridized carbons (Fsp3) is 0.579. The van der Waals surface area contributed by atoms with Gasteiger partial charge in [-0.1, -0.05) is 57.6 Å². The highest BCUT2D eigenvalue weighted by molar-refractivity contribution is 6.42. The van der Waals surface area contributed by atoms with E-state index in [0.29, 0.717) is 57.3 Å². The number of oxime groups is 1. The van der Waals surface area contributed by atoms with E-state index in [1.165, 1.54) is 7.11 Å². The predicted octanol–water partition coefficient (Wildman–Crippen LogP) is 7.28. The van der Waals surface area contributed by atoms with Crippen molar-refractivity contribution < 1.29 is 24.0 Å². The monoisotopic (exact) mass is 795 g/mol. The van der Waals surface area contributed by atoms with Crippen LogP contribution in [0.5, 0.6) is 0 Å². The van der Waals surface area contributed by atoms with E-state index >= 15 is 0 Å². The van der Waals surface area contributed by atoms with Crippen molar-refractivity contribution in [2.24, 2.45) is 11.1 Å². The second-order valence-electron chi connectivity index (χ2n) is 14.1. The van der Waals surface area contributed by atoms with Gasteiger partial charge in [0.2, 0.25) is 11.8 Å². The first kappa shape index (κ1) is 40.6. The molecule has 0 aliphatic carbocycles. The first-order valence-electron chi connectivity index (χ1n) is 18.1. The number of hydrogen-bond donors (Lipinski definition) is 0. The van der Waals surface area contributed by atoms with Crippen molar-refractivity contribution >= 4 is 69.8 Å². The number of carbonyl (C=O) groups is 3. The van der Waals surface area contributed by atoms with Gasteiger partial charge in [-0.2, -0.15) is 0 Å². The number of rotatable bonds is 13.